The molecule has 0 aliphatic rings. The summed E-state index contributed by atoms with van der Waals surface area (Å²) in [6.45, 7) is 4.01. The molecule has 1 rings (SSSR count). The number of amides is 1. The average Bonchev–Trinajstić information content (AvgIpc) is 2.44. The molecule has 0 spiro atoms. The third-order valence-electron chi connectivity index (χ3n) is 2.77. The molecule has 1 unspecified atom stereocenters. The maximum absolute atomic E-state index is 11.7. The van der Waals surface area contributed by atoms with Gasteiger partial charge in [0.05, 0.1) is 24.3 Å². The minimum absolute atomic E-state index is 0.0678. The second-order valence-corrected chi connectivity index (χ2v) is 5.09. The van der Waals surface area contributed by atoms with Gasteiger partial charge in [0.15, 0.2) is 0 Å². The van der Waals surface area contributed by atoms with Crippen LogP contribution in [-0.4, -0.2) is 23.7 Å². The van der Waals surface area contributed by atoms with Gasteiger partial charge in [0.1, 0.15) is 0 Å². The molecule has 1 amide bonds. The Hall–Kier alpha value is -2.12. The summed E-state index contributed by atoms with van der Waals surface area (Å²) >= 11 is 0. The van der Waals surface area contributed by atoms with E-state index >= 15 is 0 Å². The van der Waals surface area contributed by atoms with Crippen molar-refractivity contribution >= 4 is 12.0 Å². The van der Waals surface area contributed by atoms with E-state index in [0.717, 1.165) is 12.0 Å². The van der Waals surface area contributed by atoms with E-state index in [1.54, 1.807) is 24.3 Å². The number of nitrogens with one attached hydrogen (secondary N) is 1. The van der Waals surface area contributed by atoms with Crippen LogP contribution in [0.1, 0.15) is 31.4 Å². The van der Waals surface area contributed by atoms with Gasteiger partial charge >= 0.3 is 0 Å². The number of rotatable bonds is 6. The highest BCUT2D eigenvalue weighted by molar-refractivity contribution is 5.91. The van der Waals surface area contributed by atoms with E-state index < -0.39 is 0 Å². The summed E-state index contributed by atoms with van der Waals surface area (Å²) in [5.74, 6) is 0.163. The van der Waals surface area contributed by atoms with Crippen LogP contribution in [0.5, 0.6) is 0 Å². The lowest BCUT2D eigenvalue weighted by Crippen LogP contribution is -2.37. The average molecular weight is 272 g/mol. The summed E-state index contributed by atoms with van der Waals surface area (Å²) in [6, 6.07) is 8.84. The Kier molecular flexibility index (Phi) is 6.48. The molecule has 1 aromatic rings. The van der Waals surface area contributed by atoms with Crippen molar-refractivity contribution in [3.05, 3.63) is 41.5 Å². The zero-order valence-corrected chi connectivity index (χ0v) is 11.8. The van der Waals surface area contributed by atoms with E-state index in [4.69, 9.17) is 5.26 Å². The van der Waals surface area contributed by atoms with Crippen LogP contribution in [0, 0.1) is 17.2 Å². The monoisotopic (exact) mass is 272 g/mol. The van der Waals surface area contributed by atoms with Crippen LogP contribution in [0.25, 0.3) is 6.08 Å². The van der Waals surface area contributed by atoms with E-state index in [1.807, 2.05) is 19.9 Å². The Morgan fingerprint density at radius 2 is 2.25 bits per heavy atom. The Morgan fingerprint density at radius 1 is 1.50 bits per heavy atom. The molecule has 0 saturated heterocycles. The second-order valence-electron chi connectivity index (χ2n) is 5.09. The van der Waals surface area contributed by atoms with Gasteiger partial charge in [-0.25, -0.2) is 0 Å². The Morgan fingerprint density at radius 3 is 2.85 bits per heavy atom. The number of aliphatic hydroxyl groups excluding tert-OH is 1. The lowest BCUT2D eigenvalue weighted by molar-refractivity contribution is -0.117. The SMILES string of the molecule is CC(C)CC(CO)NC(=O)/C=C/c1cccc(C#N)c1. The predicted octanol–water partition coefficient (Wildman–Crippen LogP) is 2.09. The molecule has 0 aliphatic heterocycles. The summed E-state index contributed by atoms with van der Waals surface area (Å²) in [5, 5.41) is 20.8. The molecular formula is C16H20N2O2. The van der Waals surface area contributed by atoms with Crippen molar-refractivity contribution in [2.75, 3.05) is 6.61 Å². The lowest BCUT2D eigenvalue weighted by Gasteiger charge is -2.17. The van der Waals surface area contributed by atoms with Crippen LogP contribution >= 0.6 is 0 Å². The minimum Gasteiger partial charge on any atom is -0.394 e. The molecule has 4 nitrogen and oxygen atoms in total. The van der Waals surface area contributed by atoms with E-state index in [-0.39, 0.29) is 18.6 Å². The van der Waals surface area contributed by atoms with Gasteiger partial charge in [-0.2, -0.15) is 5.26 Å². The zero-order chi connectivity index (χ0) is 15.0. The first-order chi connectivity index (χ1) is 9.55. The summed E-state index contributed by atoms with van der Waals surface area (Å²) < 4.78 is 0. The summed E-state index contributed by atoms with van der Waals surface area (Å²) in [4.78, 5) is 11.7. The molecule has 0 aromatic heterocycles. The minimum atomic E-state index is -0.243. The van der Waals surface area contributed by atoms with E-state index in [1.165, 1.54) is 6.08 Å². The van der Waals surface area contributed by atoms with E-state index in [2.05, 4.69) is 11.4 Å². The molecular weight excluding hydrogens is 252 g/mol. The fraction of sp³-hybridized carbons (Fsp3) is 0.375. The van der Waals surface area contributed by atoms with Crippen molar-refractivity contribution in [3.8, 4) is 6.07 Å². The van der Waals surface area contributed by atoms with Crippen LogP contribution < -0.4 is 5.32 Å². The molecule has 1 atom stereocenters. The van der Waals surface area contributed by atoms with Crippen LogP contribution in [0.2, 0.25) is 0 Å². The number of nitrogens with zero attached hydrogens (tertiary/aromatic N) is 1. The van der Waals surface area contributed by atoms with Gasteiger partial charge in [-0.05, 0) is 36.1 Å². The number of carbonyl (C=O) groups excluding carboxylic acids is 1. The first-order valence-corrected chi connectivity index (χ1v) is 6.64. The third-order valence-corrected chi connectivity index (χ3v) is 2.77. The number of benzene rings is 1. The smallest absolute Gasteiger partial charge is 0.244 e. The number of nitriles is 1. The van der Waals surface area contributed by atoms with Gasteiger partial charge in [0.2, 0.25) is 5.91 Å². The fourth-order valence-electron chi connectivity index (χ4n) is 1.88. The molecule has 0 aliphatic carbocycles. The molecule has 20 heavy (non-hydrogen) atoms. The zero-order valence-electron chi connectivity index (χ0n) is 11.8. The number of hydrogen-bond acceptors (Lipinski definition) is 3. The summed E-state index contributed by atoms with van der Waals surface area (Å²) in [7, 11) is 0. The topological polar surface area (TPSA) is 73.1 Å². The largest absolute Gasteiger partial charge is 0.394 e. The second kappa shape index (κ2) is 8.13. The lowest BCUT2D eigenvalue weighted by atomic mass is 10.0. The van der Waals surface area contributed by atoms with Crippen molar-refractivity contribution in [2.45, 2.75) is 26.3 Å². The van der Waals surface area contributed by atoms with Gasteiger partial charge in [-0.15, -0.1) is 0 Å². The van der Waals surface area contributed by atoms with E-state index in [9.17, 15) is 9.90 Å². The van der Waals surface area contributed by atoms with E-state index in [0.29, 0.717) is 11.5 Å². The van der Waals surface area contributed by atoms with Crippen molar-refractivity contribution in [1.82, 2.24) is 5.32 Å². The predicted molar refractivity (Wildman–Crippen MR) is 78.7 cm³/mol. The van der Waals surface area contributed by atoms with Crippen LogP contribution in [0.3, 0.4) is 0 Å². The Balaban J connectivity index is 2.60. The van der Waals surface area contributed by atoms with Crippen LogP contribution in [0.15, 0.2) is 30.3 Å². The van der Waals surface area contributed by atoms with Crippen molar-refractivity contribution in [3.63, 3.8) is 0 Å². The molecule has 1 aromatic carbocycles. The molecule has 2 N–H and O–H groups in total. The van der Waals surface area contributed by atoms with Crippen LogP contribution in [-0.2, 0) is 4.79 Å². The first kappa shape index (κ1) is 15.9. The van der Waals surface area contributed by atoms with Gasteiger partial charge in [-0.3, -0.25) is 4.79 Å². The molecule has 0 radical (unpaired) electrons. The summed E-state index contributed by atoms with van der Waals surface area (Å²) in [6.07, 6.45) is 3.81. The quantitative estimate of drug-likeness (QED) is 0.779. The van der Waals surface area contributed by atoms with Crippen molar-refractivity contribution in [2.24, 2.45) is 5.92 Å². The highest BCUT2D eigenvalue weighted by Gasteiger charge is 2.11. The maximum Gasteiger partial charge on any atom is 0.244 e. The van der Waals surface area contributed by atoms with Gasteiger partial charge in [-0.1, -0.05) is 26.0 Å². The molecule has 0 saturated carbocycles. The van der Waals surface area contributed by atoms with Gasteiger partial charge in [0.25, 0.3) is 0 Å². The Labute approximate surface area is 119 Å². The highest BCUT2D eigenvalue weighted by atomic mass is 16.3. The van der Waals surface area contributed by atoms with Crippen molar-refractivity contribution in [1.29, 1.82) is 5.26 Å². The molecule has 4 heteroatoms. The van der Waals surface area contributed by atoms with Crippen LogP contribution in [0.4, 0.5) is 0 Å². The first-order valence-electron chi connectivity index (χ1n) is 6.64. The molecule has 0 fully saturated rings. The number of hydrogen-bond donors (Lipinski definition) is 2. The number of aliphatic hydroxyl groups is 1. The summed E-state index contributed by atoms with van der Waals surface area (Å²) in [5.41, 5.74) is 1.35. The standard InChI is InChI=1S/C16H20N2O2/c1-12(2)8-15(11-19)18-16(20)7-6-13-4-3-5-14(9-13)10-17/h3-7,9,12,15,19H,8,11H2,1-2H3,(H,18,20)/b7-6+. The highest BCUT2D eigenvalue weighted by Crippen LogP contribution is 2.07. The Bertz CT molecular complexity index is 515. The number of carbonyl (C=O) groups is 1. The van der Waals surface area contributed by atoms with Gasteiger partial charge in [0, 0.05) is 6.08 Å². The molecule has 106 valence electrons. The normalized spacial score (nSPS) is 12.3. The fourth-order valence-corrected chi connectivity index (χ4v) is 1.88. The third kappa shape index (κ3) is 5.68. The molecule has 0 bridgehead atoms. The maximum atomic E-state index is 11.7. The van der Waals surface area contributed by atoms with Gasteiger partial charge < -0.3 is 10.4 Å². The molecule has 0 heterocycles. The van der Waals surface area contributed by atoms with Crippen molar-refractivity contribution < 1.29 is 9.90 Å².